The summed E-state index contributed by atoms with van der Waals surface area (Å²) in [4.78, 5) is 7.34. The Morgan fingerprint density at radius 3 is 1.03 bits per heavy atom. The van der Waals surface area contributed by atoms with E-state index in [9.17, 15) is 13.2 Å². The van der Waals surface area contributed by atoms with Crippen LogP contribution in [0.4, 0.5) is 13.2 Å². The van der Waals surface area contributed by atoms with E-state index in [1.165, 1.54) is 18.2 Å². The number of nitrogens with zero attached hydrogens (tertiary/aromatic N) is 3. The van der Waals surface area contributed by atoms with Crippen molar-refractivity contribution in [1.29, 1.82) is 0 Å². The first-order valence-corrected chi connectivity index (χ1v) is 16.7. The van der Waals surface area contributed by atoms with Gasteiger partial charge in [-0.2, -0.15) is 35.3 Å². The van der Waals surface area contributed by atoms with Crippen molar-refractivity contribution in [3.63, 3.8) is 0 Å². The third-order valence-corrected chi connectivity index (χ3v) is 9.46. The standard InChI is InChI=1S/C30H36F3N3S3/c31-28-10-4-1-7-25(28)19-37-16-13-34-22-35(14-17-38-20-26-8-2-5-11-29(26)32)24-36(23-34)15-18-39-21-27-9-3-6-12-30(27)33/h1-12H,13-24H2. The first kappa shape index (κ1) is 30.3. The van der Waals surface area contributed by atoms with Crippen molar-refractivity contribution < 1.29 is 13.2 Å². The molecule has 210 valence electrons. The summed E-state index contributed by atoms with van der Waals surface area (Å²) in [6, 6.07) is 20.9. The molecule has 0 unspecified atom stereocenters. The van der Waals surface area contributed by atoms with E-state index >= 15 is 0 Å². The largest absolute Gasteiger partial charge is 0.277 e. The van der Waals surface area contributed by atoms with Gasteiger partial charge in [0.25, 0.3) is 0 Å². The van der Waals surface area contributed by atoms with Crippen molar-refractivity contribution in [2.75, 3.05) is 56.9 Å². The van der Waals surface area contributed by atoms with Crippen LogP contribution in [0.5, 0.6) is 0 Å². The van der Waals surface area contributed by atoms with Gasteiger partial charge in [-0.05, 0) is 34.9 Å². The van der Waals surface area contributed by atoms with Gasteiger partial charge >= 0.3 is 0 Å². The number of hydrogen-bond donors (Lipinski definition) is 0. The van der Waals surface area contributed by atoms with E-state index in [1.54, 1.807) is 53.5 Å². The highest BCUT2D eigenvalue weighted by molar-refractivity contribution is 7.98. The van der Waals surface area contributed by atoms with Crippen LogP contribution in [0.2, 0.25) is 0 Å². The van der Waals surface area contributed by atoms with Gasteiger partial charge in [-0.1, -0.05) is 54.6 Å². The Bertz CT molecular complexity index is 1010. The van der Waals surface area contributed by atoms with Crippen LogP contribution in [0, 0.1) is 17.5 Å². The summed E-state index contributed by atoms with van der Waals surface area (Å²) in [5.41, 5.74) is 2.26. The normalized spacial score (nSPS) is 15.2. The zero-order valence-electron chi connectivity index (χ0n) is 22.1. The Balaban J connectivity index is 1.23. The monoisotopic (exact) mass is 591 g/mol. The summed E-state index contributed by atoms with van der Waals surface area (Å²) in [6.07, 6.45) is 0. The first-order valence-electron chi connectivity index (χ1n) is 13.2. The lowest BCUT2D eigenvalue weighted by Gasteiger charge is -2.42. The molecule has 0 amide bonds. The smallest absolute Gasteiger partial charge is 0.127 e. The van der Waals surface area contributed by atoms with E-state index in [2.05, 4.69) is 14.7 Å². The Labute approximate surface area is 243 Å². The highest BCUT2D eigenvalue weighted by Crippen LogP contribution is 2.20. The molecular weight excluding hydrogens is 556 g/mol. The molecule has 0 bridgehead atoms. The molecule has 9 heteroatoms. The molecule has 3 nitrogen and oxygen atoms in total. The molecule has 1 heterocycles. The third kappa shape index (κ3) is 10.4. The molecule has 0 N–H and O–H groups in total. The number of hydrogen-bond acceptors (Lipinski definition) is 6. The SMILES string of the molecule is Fc1ccccc1CSCCN1CN(CCSCc2ccccc2F)CN(CCSCc2ccccc2F)C1. The van der Waals surface area contributed by atoms with Crippen molar-refractivity contribution in [2.24, 2.45) is 0 Å². The maximum Gasteiger partial charge on any atom is 0.127 e. The lowest BCUT2D eigenvalue weighted by atomic mass is 10.2. The van der Waals surface area contributed by atoms with Crippen LogP contribution < -0.4 is 0 Å². The van der Waals surface area contributed by atoms with Gasteiger partial charge in [0, 0.05) is 54.2 Å². The summed E-state index contributed by atoms with van der Waals surface area (Å²) >= 11 is 5.28. The quantitative estimate of drug-likeness (QED) is 0.175. The molecule has 1 aliphatic heterocycles. The van der Waals surface area contributed by atoms with Gasteiger partial charge in [-0.3, -0.25) is 14.7 Å². The number of thioether (sulfide) groups is 3. The minimum atomic E-state index is -0.138. The summed E-state index contributed by atoms with van der Waals surface area (Å²) in [5, 5.41) is 0. The predicted octanol–water partition coefficient (Wildman–Crippen LogP) is 7.00. The van der Waals surface area contributed by atoms with E-state index in [1.807, 2.05) is 36.4 Å². The summed E-state index contributed by atoms with van der Waals surface area (Å²) in [7, 11) is 0. The van der Waals surface area contributed by atoms with E-state index in [0.717, 1.165) is 73.6 Å². The van der Waals surface area contributed by atoms with Crippen molar-refractivity contribution in [3.8, 4) is 0 Å². The first-order chi connectivity index (χ1) is 19.1. The van der Waals surface area contributed by atoms with Crippen LogP contribution in [0.25, 0.3) is 0 Å². The fraction of sp³-hybridized carbons (Fsp3) is 0.400. The summed E-state index contributed by atoms with van der Waals surface area (Å²) in [5.74, 6) is 4.40. The molecule has 1 fully saturated rings. The van der Waals surface area contributed by atoms with Crippen LogP contribution in [0.1, 0.15) is 16.7 Å². The van der Waals surface area contributed by atoms with Gasteiger partial charge < -0.3 is 0 Å². The van der Waals surface area contributed by atoms with E-state index in [-0.39, 0.29) is 17.5 Å². The molecule has 1 saturated heterocycles. The van der Waals surface area contributed by atoms with Crippen molar-refractivity contribution in [1.82, 2.24) is 14.7 Å². The fourth-order valence-corrected chi connectivity index (χ4v) is 7.34. The van der Waals surface area contributed by atoms with E-state index in [0.29, 0.717) is 17.3 Å². The minimum Gasteiger partial charge on any atom is -0.277 e. The topological polar surface area (TPSA) is 9.72 Å². The zero-order chi connectivity index (χ0) is 27.3. The van der Waals surface area contributed by atoms with E-state index in [4.69, 9.17) is 0 Å². The van der Waals surface area contributed by atoms with Gasteiger partial charge in [0.15, 0.2) is 0 Å². The minimum absolute atomic E-state index is 0.138. The van der Waals surface area contributed by atoms with Crippen molar-refractivity contribution >= 4 is 35.3 Å². The van der Waals surface area contributed by atoms with Crippen molar-refractivity contribution in [3.05, 3.63) is 107 Å². The third-order valence-electron chi connectivity index (χ3n) is 6.50. The van der Waals surface area contributed by atoms with Crippen LogP contribution in [-0.2, 0) is 17.3 Å². The molecule has 0 aliphatic carbocycles. The molecular formula is C30H36F3N3S3. The molecule has 0 saturated carbocycles. The fourth-order valence-electron chi connectivity index (χ4n) is 4.38. The molecule has 1 aliphatic rings. The van der Waals surface area contributed by atoms with Crippen LogP contribution in [-0.4, -0.2) is 71.6 Å². The Hall–Kier alpha value is -1.62. The highest BCUT2D eigenvalue weighted by Gasteiger charge is 2.23. The molecule has 0 spiro atoms. The number of halogens is 3. The maximum absolute atomic E-state index is 13.9. The molecule has 3 aromatic rings. The zero-order valence-corrected chi connectivity index (χ0v) is 24.6. The average molecular weight is 592 g/mol. The Morgan fingerprint density at radius 1 is 0.462 bits per heavy atom. The second-order valence-electron chi connectivity index (χ2n) is 9.54. The van der Waals surface area contributed by atoms with Gasteiger partial charge in [0.2, 0.25) is 0 Å². The Kier molecular flexibility index (Phi) is 12.9. The highest BCUT2D eigenvalue weighted by atomic mass is 32.2. The number of rotatable bonds is 15. The second kappa shape index (κ2) is 16.6. The van der Waals surface area contributed by atoms with Gasteiger partial charge in [0.05, 0.1) is 20.0 Å². The molecule has 0 aromatic heterocycles. The van der Waals surface area contributed by atoms with Gasteiger partial charge in [-0.25, -0.2) is 13.2 Å². The molecule has 0 atom stereocenters. The van der Waals surface area contributed by atoms with Crippen LogP contribution in [0.15, 0.2) is 72.8 Å². The van der Waals surface area contributed by atoms with Gasteiger partial charge in [-0.15, -0.1) is 0 Å². The lowest BCUT2D eigenvalue weighted by molar-refractivity contribution is -0.0195. The average Bonchev–Trinajstić information content (AvgIpc) is 2.94. The van der Waals surface area contributed by atoms with Gasteiger partial charge in [0.1, 0.15) is 17.5 Å². The van der Waals surface area contributed by atoms with Crippen molar-refractivity contribution in [2.45, 2.75) is 17.3 Å². The molecule has 0 radical (unpaired) electrons. The number of benzene rings is 3. The lowest BCUT2D eigenvalue weighted by Crippen LogP contribution is -2.56. The van der Waals surface area contributed by atoms with Crippen LogP contribution >= 0.6 is 35.3 Å². The molecule has 3 aromatic carbocycles. The predicted molar refractivity (Wildman–Crippen MR) is 162 cm³/mol. The maximum atomic E-state index is 13.9. The molecule has 39 heavy (non-hydrogen) atoms. The van der Waals surface area contributed by atoms with E-state index < -0.39 is 0 Å². The molecule has 4 rings (SSSR count). The second-order valence-corrected chi connectivity index (χ2v) is 12.9. The summed E-state index contributed by atoms with van der Waals surface area (Å²) in [6.45, 7) is 5.45. The Morgan fingerprint density at radius 2 is 0.744 bits per heavy atom. The summed E-state index contributed by atoms with van der Waals surface area (Å²) < 4.78 is 41.8. The van der Waals surface area contributed by atoms with Crippen LogP contribution in [0.3, 0.4) is 0 Å².